The Kier molecular flexibility index (Phi) is 4.04. The van der Waals surface area contributed by atoms with Crippen molar-refractivity contribution < 1.29 is 4.79 Å². The molecule has 0 unspecified atom stereocenters. The molecule has 4 rings (SSSR count). The number of hydrogen-bond donors (Lipinski definition) is 1. The molecule has 1 saturated carbocycles. The highest BCUT2D eigenvalue weighted by Gasteiger charge is 2.29. The van der Waals surface area contributed by atoms with Crippen LogP contribution in [0, 0.1) is 0 Å². The third kappa shape index (κ3) is 2.70. The van der Waals surface area contributed by atoms with Gasteiger partial charge in [0.25, 0.3) is 5.56 Å². The number of nitrogens with zero attached hydrogens (tertiary/aromatic N) is 3. The predicted molar refractivity (Wildman–Crippen MR) is 94.6 cm³/mol. The molecule has 0 radical (unpaired) electrons. The lowest BCUT2D eigenvalue weighted by Crippen LogP contribution is -2.42. The van der Waals surface area contributed by atoms with Crippen LogP contribution in [0.2, 0.25) is 0 Å². The third-order valence-corrected chi connectivity index (χ3v) is 5.94. The van der Waals surface area contributed by atoms with Crippen molar-refractivity contribution in [2.75, 3.05) is 13.1 Å². The highest BCUT2D eigenvalue weighted by Crippen LogP contribution is 2.36. The molecule has 0 aromatic carbocycles. The van der Waals surface area contributed by atoms with Crippen molar-refractivity contribution in [2.24, 2.45) is 0 Å². The lowest BCUT2D eigenvalue weighted by Gasteiger charge is -2.27. The SMILES string of the molecule is CCCCNC(=O)N1CCc2c(sc3ncn(C4CC4)c(=O)c23)C1. The molecule has 0 bridgehead atoms. The molecular weight excluding hydrogens is 324 g/mol. The van der Waals surface area contributed by atoms with E-state index in [4.69, 9.17) is 0 Å². The van der Waals surface area contributed by atoms with Crippen molar-refractivity contribution in [3.05, 3.63) is 27.1 Å². The first-order valence-electron chi connectivity index (χ1n) is 8.73. The monoisotopic (exact) mass is 346 g/mol. The van der Waals surface area contributed by atoms with Crippen LogP contribution in [0.5, 0.6) is 0 Å². The lowest BCUT2D eigenvalue weighted by molar-refractivity contribution is 0.193. The highest BCUT2D eigenvalue weighted by molar-refractivity contribution is 7.18. The molecule has 2 amide bonds. The average Bonchev–Trinajstić information content (AvgIpc) is 3.34. The van der Waals surface area contributed by atoms with Gasteiger partial charge < -0.3 is 10.2 Å². The van der Waals surface area contributed by atoms with E-state index in [1.165, 1.54) is 0 Å². The fourth-order valence-electron chi connectivity index (χ4n) is 3.27. The van der Waals surface area contributed by atoms with E-state index < -0.39 is 0 Å². The number of carbonyl (C=O) groups excluding carboxylic acids is 1. The molecular formula is C17H22N4O2S. The molecule has 7 heteroatoms. The van der Waals surface area contributed by atoms with Crippen molar-refractivity contribution in [3.63, 3.8) is 0 Å². The largest absolute Gasteiger partial charge is 0.338 e. The summed E-state index contributed by atoms with van der Waals surface area (Å²) in [7, 11) is 0. The summed E-state index contributed by atoms with van der Waals surface area (Å²) in [6, 6.07) is 0.337. The second kappa shape index (κ2) is 6.20. The first-order chi connectivity index (χ1) is 11.7. The zero-order valence-corrected chi connectivity index (χ0v) is 14.7. The smallest absolute Gasteiger partial charge is 0.317 e. The Morgan fingerprint density at radius 1 is 1.46 bits per heavy atom. The van der Waals surface area contributed by atoms with Crippen molar-refractivity contribution in [1.29, 1.82) is 0 Å². The van der Waals surface area contributed by atoms with Gasteiger partial charge in [-0.3, -0.25) is 9.36 Å². The fraction of sp³-hybridized carbons (Fsp3) is 0.588. The number of rotatable bonds is 4. The molecule has 1 aliphatic heterocycles. The summed E-state index contributed by atoms with van der Waals surface area (Å²) in [5, 5.41) is 3.76. The first kappa shape index (κ1) is 15.6. The minimum atomic E-state index is -0.00472. The van der Waals surface area contributed by atoms with E-state index in [1.54, 1.807) is 22.2 Å². The van der Waals surface area contributed by atoms with Crippen LogP contribution in [0.1, 0.15) is 49.1 Å². The number of unbranched alkanes of at least 4 members (excludes halogenated alkanes) is 1. The van der Waals surface area contributed by atoms with Gasteiger partial charge in [0.1, 0.15) is 4.83 Å². The van der Waals surface area contributed by atoms with Gasteiger partial charge in [0.2, 0.25) is 0 Å². The maximum absolute atomic E-state index is 12.8. The van der Waals surface area contributed by atoms with Gasteiger partial charge in [-0.25, -0.2) is 9.78 Å². The van der Waals surface area contributed by atoms with E-state index in [9.17, 15) is 9.59 Å². The third-order valence-electron chi connectivity index (χ3n) is 4.82. The Morgan fingerprint density at radius 3 is 3.04 bits per heavy atom. The number of fused-ring (bicyclic) bond motifs is 3. The van der Waals surface area contributed by atoms with Gasteiger partial charge in [-0.1, -0.05) is 13.3 Å². The Balaban J connectivity index is 1.59. The van der Waals surface area contributed by atoms with E-state index in [2.05, 4.69) is 17.2 Å². The summed E-state index contributed by atoms with van der Waals surface area (Å²) in [6.07, 6.45) is 6.65. The van der Waals surface area contributed by atoms with Crippen LogP contribution in [-0.4, -0.2) is 33.6 Å². The Morgan fingerprint density at radius 2 is 2.29 bits per heavy atom. The van der Waals surface area contributed by atoms with Crippen LogP contribution in [0.25, 0.3) is 10.2 Å². The van der Waals surface area contributed by atoms with Gasteiger partial charge in [0.05, 0.1) is 18.3 Å². The molecule has 6 nitrogen and oxygen atoms in total. The summed E-state index contributed by atoms with van der Waals surface area (Å²) < 4.78 is 1.79. The Bertz CT molecular complexity index is 837. The van der Waals surface area contributed by atoms with E-state index in [0.29, 0.717) is 19.1 Å². The van der Waals surface area contributed by atoms with Crippen molar-refractivity contribution in [3.8, 4) is 0 Å². The van der Waals surface area contributed by atoms with Gasteiger partial charge in [0.15, 0.2) is 0 Å². The minimum Gasteiger partial charge on any atom is -0.338 e. The molecule has 0 spiro atoms. The van der Waals surface area contributed by atoms with Crippen LogP contribution in [0.3, 0.4) is 0 Å². The first-order valence-corrected chi connectivity index (χ1v) is 9.55. The summed E-state index contributed by atoms with van der Waals surface area (Å²) in [4.78, 5) is 33.3. The summed E-state index contributed by atoms with van der Waals surface area (Å²) in [5.41, 5.74) is 1.21. The van der Waals surface area contributed by atoms with Crippen LogP contribution in [0.15, 0.2) is 11.1 Å². The number of carbonyl (C=O) groups is 1. The van der Waals surface area contributed by atoms with Gasteiger partial charge in [-0.05, 0) is 31.2 Å². The summed E-state index contributed by atoms with van der Waals surface area (Å²) >= 11 is 1.56. The van der Waals surface area contributed by atoms with Crippen LogP contribution >= 0.6 is 11.3 Å². The maximum Gasteiger partial charge on any atom is 0.317 e. The summed E-state index contributed by atoms with van der Waals surface area (Å²) in [6.45, 7) is 4.07. The second-order valence-electron chi connectivity index (χ2n) is 6.63. The number of urea groups is 1. The van der Waals surface area contributed by atoms with Gasteiger partial charge >= 0.3 is 6.03 Å². The van der Waals surface area contributed by atoms with Crippen molar-refractivity contribution in [2.45, 2.75) is 51.6 Å². The zero-order chi connectivity index (χ0) is 16.7. The maximum atomic E-state index is 12.8. The summed E-state index contributed by atoms with van der Waals surface area (Å²) in [5.74, 6) is 0. The quantitative estimate of drug-likeness (QED) is 0.866. The van der Waals surface area contributed by atoms with E-state index in [1.807, 2.05) is 4.90 Å². The molecule has 2 aromatic rings. The molecule has 24 heavy (non-hydrogen) atoms. The Labute approximate surface area is 144 Å². The normalized spacial score (nSPS) is 17.1. The van der Waals surface area contributed by atoms with Gasteiger partial charge in [-0.2, -0.15) is 0 Å². The van der Waals surface area contributed by atoms with Crippen LogP contribution in [-0.2, 0) is 13.0 Å². The van der Waals surface area contributed by atoms with Crippen molar-refractivity contribution in [1.82, 2.24) is 19.8 Å². The lowest BCUT2D eigenvalue weighted by atomic mass is 10.1. The van der Waals surface area contributed by atoms with E-state index >= 15 is 0 Å². The van der Waals surface area contributed by atoms with E-state index in [-0.39, 0.29) is 11.6 Å². The average molecular weight is 346 g/mol. The van der Waals surface area contributed by atoms with E-state index in [0.717, 1.165) is 59.3 Å². The molecule has 1 fully saturated rings. The fourth-order valence-corrected chi connectivity index (χ4v) is 4.46. The molecule has 128 valence electrons. The molecule has 0 saturated heterocycles. The molecule has 2 aliphatic rings. The zero-order valence-electron chi connectivity index (χ0n) is 13.9. The number of nitrogens with one attached hydrogen (secondary N) is 1. The second-order valence-corrected chi connectivity index (χ2v) is 7.71. The Hall–Kier alpha value is -1.89. The van der Waals surface area contributed by atoms with Gasteiger partial charge in [0, 0.05) is 24.0 Å². The van der Waals surface area contributed by atoms with Crippen LogP contribution in [0.4, 0.5) is 4.79 Å². The van der Waals surface area contributed by atoms with Crippen molar-refractivity contribution >= 4 is 27.6 Å². The molecule has 1 N–H and O–H groups in total. The molecule has 3 heterocycles. The molecule has 2 aromatic heterocycles. The topological polar surface area (TPSA) is 67.2 Å². The number of aromatic nitrogens is 2. The predicted octanol–water partition coefficient (Wildman–Crippen LogP) is 2.66. The number of hydrogen-bond acceptors (Lipinski definition) is 4. The molecule has 0 atom stereocenters. The number of amides is 2. The standard InChI is InChI=1S/C17H22N4O2S/c1-2-3-7-18-17(23)20-8-6-12-13(9-20)24-15-14(12)16(22)21(10-19-15)11-4-5-11/h10-11H,2-9H2,1H3,(H,18,23). The van der Waals surface area contributed by atoms with Gasteiger partial charge in [-0.15, -0.1) is 11.3 Å². The van der Waals surface area contributed by atoms with Crippen LogP contribution < -0.4 is 10.9 Å². The number of thiophene rings is 1. The minimum absolute atomic E-state index is 0.00472. The highest BCUT2D eigenvalue weighted by atomic mass is 32.1. The molecule has 1 aliphatic carbocycles.